The highest BCUT2D eigenvalue weighted by Crippen LogP contribution is 1.93. The molecule has 0 heterocycles. The molecule has 3 nitrogen and oxygen atoms in total. The maximum Gasteiger partial charge on any atom is 0.0584 e. The van der Waals surface area contributed by atoms with E-state index in [9.17, 15) is 0 Å². The maximum atomic E-state index is 8.87. The highest BCUT2D eigenvalue weighted by Gasteiger charge is 2.02. The SMILES string of the molecule is CCCC(CO)NCCNC. The summed E-state index contributed by atoms with van der Waals surface area (Å²) in [6.45, 7) is 4.27. The van der Waals surface area contributed by atoms with Gasteiger partial charge in [-0.2, -0.15) is 0 Å². The van der Waals surface area contributed by atoms with Gasteiger partial charge in [0.15, 0.2) is 0 Å². The Labute approximate surface area is 69.2 Å². The van der Waals surface area contributed by atoms with Crippen molar-refractivity contribution in [1.82, 2.24) is 10.6 Å². The van der Waals surface area contributed by atoms with Gasteiger partial charge in [-0.3, -0.25) is 0 Å². The third-order valence-electron chi connectivity index (χ3n) is 1.67. The van der Waals surface area contributed by atoms with E-state index in [0.717, 1.165) is 25.9 Å². The second-order valence-corrected chi connectivity index (χ2v) is 2.73. The van der Waals surface area contributed by atoms with Crippen molar-refractivity contribution in [2.24, 2.45) is 0 Å². The van der Waals surface area contributed by atoms with Crippen LogP contribution in [0.1, 0.15) is 19.8 Å². The van der Waals surface area contributed by atoms with Gasteiger partial charge in [0, 0.05) is 19.1 Å². The Kier molecular flexibility index (Phi) is 7.89. The molecular formula is C8H20N2O. The third-order valence-corrected chi connectivity index (χ3v) is 1.67. The Morgan fingerprint density at radius 1 is 1.36 bits per heavy atom. The van der Waals surface area contributed by atoms with E-state index in [0.29, 0.717) is 0 Å². The topological polar surface area (TPSA) is 44.3 Å². The van der Waals surface area contributed by atoms with Gasteiger partial charge in [-0.05, 0) is 13.5 Å². The van der Waals surface area contributed by atoms with E-state index in [1.807, 2.05) is 7.05 Å². The maximum absolute atomic E-state index is 8.87. The molecule has 0 aliphatic rings. The molecule has 0 rings (SSSR count). The number of aliphatic hydroxyl groups is 1. The standard InChI is InChI=1S/C8H20N2O/c1-3-4-8(7-11)10-6-5-9-2/h8-11H,3-7H2,1-2H3. The molecule has 0 aromatic rings. The first-order valence-corrected chi connectivity index (χ1v) is 4.34. The fourth-order valence-corrected chi connectivity index (χ4v) is 1.01. The van der Waals surface area contributed by atoms with Crippen molar-refractivity contribution in [2.75, 3.05) is 26.7 Å². The van der Waals surface area contributed by atoms with Gasteiger partial charge < -0.3 is 15.7 Å². The Balaban J connectivity index is 3.20. The van der Waals surface area contributed by atoms with Crippen molar-refractivity contribution in [1.29, 1.82) is 0 Å². The van der Waals surface area contributed by atoms with Crippen LogP contribution in [0.4, 0.5) is 0 Å². The zero-order valence-electron chi connectivity index (χ0n) is 7.56. The number of hydrogen-bond acceptors (Lipinski definition) is 3. The molecule has 3 heteroatoms. The summed E-state index contributed by atoms with van der Waals surface area (Å²) in [6.07, 6.45) is 2.18. The molecule has 0 bridgehead atoms. The van der Waals surface area contributed by atoms with Crippen molar-refractivity contribution >= 4 is 0 Å². The van der Waals surface area contributed by atoms with Crippen LogP contribution in [0.15, 0.2) is 0 Å². The smallest absolute Gasteiger partial charge is 0.0584 e. The molecule has 68 valence electrons. The predicted octanol–water partition coefficient (Wildman–Crippen LogP) is -0.0436. The summed E-state index contributed by atoms with van der Waals surface area (Å²) in [6, 6.07) is 0.286. The van der Waals surface area contributed by atoms with Crippen molar-refractivity contribution in [3.8, 4) is 0 Å². The summed E-state index contributed by atoms with van der Waals surface area (Å²) in [5, 5.41) is 15.2. The van der Waals surface area contributed by atoms with Crippen LogP contribution in [0.3, 0.4) is 0 Å². The van der Waals surface area contributed by atoms with Crippen molar-refractivity contribution < 1.29 is 5.11 Å². The average Bonchev–Trinajstić information content (AvgIpc) is 2.03. The van der Waals surface area contributed by atoms with E-state index in [2.05, 4.69) is 17.6 Å². The van der Waals surface area contributed by atoms with Crippen LogP contribution in [0.25, 0.3) is 0 Å². The van der Waals surface area contributed by atoms with Crippen LogP contribution in [0.2, 0.25) is 0 Å². The Morgan fingerprint density at radius 3 is 2.55 bits per heavy atom. The fourth-order valence-electron chi connectivity index (χ4n) is 1.01. The number of rotatable bonds is 7. The zero-order valence-corrected chi connectivity index (χ0v) is 7.56. The largest absolute Gasteiger partial charge is 0.395 e. The Hall–Kier alpha value is -0.120. The zero-order chi connectivity index (χ0) is 8.53. The Bertz CT molecular complexity index is 78.5. The van der Waals surface area contributed by atoms with Crippen LogP contribution in [0.5, 0.6) is 0 Å². The number of aliphatic hydroxyl groups excluding tert-OH is 1. The second kappa shape index (κ2) is 7.98. The lowest BCUT2D eigenvalue weighted by Gasteiger charge is -2.14. The minimum absolute atomic E-state index is 0.248. The summed E-state index contributed by atoms with van der Waals surface area (Å²) in [7, 11) is 1.93. The summed E-state index contributed by atoms with van der Waals surface area (Å²) >= 11 is 0. The molecule has 0 aromatic heterocycles. The van der Waals surface area contributed by atoms with Gasteiger partial charge in [0.2, 0.25) is 0 Å². The number of likely N-dealkylation sites (N-methyl/N-ethyl adjacent to an activating group) is 1. The monoisotopic (exact) mass is 160 g/mol. The first kappa shape index (κ1) is 10.9. The van der Waals surface area contributed by atoms with E-state index in [-0.39, 0.29) is 12.6 Å². The molecule has 0 aliphatic carbocycles. The van der Waals surface area contributed by atoms with Crippen LogP contribution in [0, 0.1) is 0 Å². The van der Waals surface area contributed by atoms with Gasteiger partial charge in [0.25, 0.3) is 0 Å². The van der Waals surface area contributed by atoms with E-state index in [4.69, 9.17) is 5.11 Å². The van der Waals surface area contributed by atoms with Gasteiger partial charge in [-0.25, -0.2) is 0 Å². The summed E-state index contributed by atoms with van der Waals surface area (Å²) in [5.74, 6) is 0. The predicted molar refractivity (Wildman–Crippen MR) is 47.7 cm³/mol. The number of hydrogen-bond donors (Lipinski definition) is 3. The van der Waals surface area contributed by atoms with Crippen LogP contribution in [-0.2, 0) is 0 Å². The Morgan fingerprint density at radius 2 is 2.09 bits per heavy atom. The lowest BCUT2D eigenvalue weighted by atomic mass is 10.2. The molecule has 0 fully saturated rings. The summed E-state index contributed by atoms with van der Waals surface area (Å²) in [4.78, 5) is 0. The van der Waals surface area contributed by atoms with E-state index in [1.165, 1.54) is 0 Å². The molecule has 0 aliphatic heterocycles. The highest BCUT2D eigenvalue weighted by molar-refractivity contribution is 4.64. The fraction of sp³-hybridized carbons (Fsp3) is 1.00. The van der Waals surface area contributed by atoms with Gasteiger partial charge in [0.1, 0.15) is 0 Å². The molecule has 0 saturated carbocycles. The lowest BCUT2D eigenvalue weighted by Crippen LogP contribution is -2.36. The molecule has 0 spiro atoms. The summed E-state index contributed by atoms with van der Waals surface area (Å²) < 4.78 is 0. The molecule has 11 heavy (non-hydrogen) atoms. The molecule has 1 unspecified atom stereocenters. The van der Waals surface area contributed by atoms with Crippen LogP contribution >= 0.6 is 0 Å². The number of nitrogens with one attached hydrogen (secondary N) is 2. The first-order chi connectivity index (χ1) is 5.35. The third kappa shape index (κ3) is 6.28. The first-order valence-electron chi connectivity index (χ1n) is 4.34. The van der Waals surface area contributed by atoms with Crippen molar-refractivity contribution in [3.63, 3.8) is 0 Å². The average molecular weight is 160 g/mol. The minimum atomic E-state index is 0.248. The van der Waals surface area contributed by atoms with Crippen molar-refractivity contribution in [3.05, 3.63) is 0 Å². The van der Waals surface area contributed by atoms with Gasteiger partial charge in [0.05, 0.1) is 6.61 Å². The molecule has 0 radical (unpaired) electrons. The van der Waals surface area contributed by atoms with Crippen LogP contribution in [-0.4, -0.2) is 37.9 Å². The van der Waals surface area contributed by atoms with Crippen LogP contribution < -0.4 is 10.6 Å². The van der Waals surface area contributed by atoms with E-state index >= 15 is 0 Å². The van der Waals surface area contributed by atoms with E-state index in [1.54, 1.807) is 0 Å². The van der Waals surface area contributed by atoms with Crippen molar-refractivity contribution in [2.45, 2.75) is 25.8 Å². The van der Waals surface area contributed by atoms with E-state index < -0.39 is 0 Å². The molecular weight excluding hydrogens is 140 g/mol. The second-order valence-electron chi connectivity index (χ2n) is 2.73. The molecule has 1 atom stereocenters. The molecule has 0 saturated heterocycles. The van der Waals surface area contributed by atoms with Gasteiger partial charge in [-0.1, -0.05) is 13.3 Å². The quantitative estimate of drug-likeness (QED) is 0.458. The van der Waals surface area contributed by atoms with Gasteiger partial charge >= 0.3 is 0 Å². The molecule has 3 N–H and O–H groups in total. The molecule has 0 aromatic carbocycles. The van der Waals surface area contributed by atoms with Gasteiger partial charge in [-0.15, -0.1) is 0 Å². The lowest BCUT2D eigenvalue weighted by molar-refractivity contribution is 0.235. The highest BCUT2D eigenvalue weighted by atomic mass is 16.3. The normalized spacial score (nSPS) is 13.4. The molecule has 0 amide bonds. The summed E-state index contributed by atoms with van der Waals surface area (Å²) in [5.41, 5.74) is 0. The minimum Gasteiger partial charge on any atom is -0.395 e.